The van der Waals surface area contributed by atoms with E-state index in [9.17, 15) is 0 Å². The van der Waals surface area contributed by atoms with Crippen molar-refractivity contribution in [1.29, 1.82) is 0 Å². The molecule has 0 aliphatic rings. The van der Waals surface area contributed by atoms with Gasteiger partial charge >= 0.3 is 0 Å². The van der Waals surface area contributed by atoms with Gasteiger partial charge in [0.05, 0.1) is 11.4 Å². The first kappa shape index (κ1) is 31.5. The van der Waals surface area contributed by atoms with Gasteiger partial charge in [-0.3, -0.25) is 0 Å². The maximum atomic E-state index is 6.57. The molecule has 0 atom stereocenters. The summed E-state index contributed by atoms with van der Waals surface area (Å²) in [5.74, 6) is 0.616. The van der Waals surface area contributed by atoms with Crippen LogP contribution in [0.2, 0.25) is 0 Å². The molecule has 0 fully saturated rings. The number of benzene rings is 9. The Labute approximate surface area is 314 Å². The second-order valence-corrected chi connectivity index (χ2v) is 13.5. The fourth-order valence-corrected chi connectivity index (χ4v) is 7.71. The second kappa shape index (κ2) is 13.4. The highest BCUT2D eigenvalue weighted by atomic mass is 16.3. The molecule has 0 spiro atoms. The zero-order chi connectivity index (χ0) is 35.8. The van der Waals surface area contributed by atoms with E-state index in [0.29, 0.717) is 5.89 Å². The summed E-state index contributed by atoms with van der Waals surface area (Å²) in [5.41, 5.74) is 12.7. The molecule has 0 N–H and O–H groups in total. The molecule has 0 unspecified atom stereocenters. The van der Waals surface area contributed by atoms with E-state index < -0.39 is 0 Å². The largest absolute Gasteiger partial charge is 0.435 e. The summed E-state index contributed by atoms with van der Waals surface area (Å²) in [6.45, 7) is 0. The van der Waals surface area contributed by atoms with E-state index in [1.54, 1.807) is 0 Å². The molecule has 3 nitrogen and oxygen atoms in total. The Balaban J connectivity index is 1.26. The minimum absolute atomic E-state index is 0.616. The number of oxazole rings is 1. The molecule has 9 aromatic carbocycles. The number of aromatic nitrogens is 1. The maximum Gasteiger partial charge on any atom is 0.227 e. The van der Waals surface area contributed by atoms with Crippen LogP contribution in [0.4, 0.5) is 17.1 Å². The van der Waals surface area contributed by atoms with Crippen molar-refractivity contribution in [2.45, 2.75) is 0 Å². The van der Waals surface area contributed by atoms with Gasteiger partial charge in [-0.1, -0.05) is 152 Å². The first-order valence-corrected chi connectivity index (χ1v) is 18.3. The molecule has 0 amide bonds. The Bertz CT molecular complexity index is 2930. The quantitative estimate of drug-likeness (QED) is 0.167. The molecule has 0 saturated carbocycles. The van der Waals surface area contributed by atoms with E-state index in [1.807, 2.05) is 30.3 Å². The average molecular weight is 691 g/mol. The van der Waals surface area contributed by atoms with Crippen molar-refractivity contribution < 1.29 is 4.42 Å². The summed E-state index contributed by atoms with van der Waals surface area (Å²) < 4.78 is 6.57. The standard InChI is InChI=1S/C51H34N2O/c1-4-15-35(16-5-1)39-23-12-24-41(33-39)53(48-28-14-27-45-44(48)30-31-47-50(45)54-51(52-47)38-20-8-3-9-21-38)49-32-29-40(36-17-6-2-7-18-36)34-46(49)43-26-13-22-37-19-10-11-25-42(37)43/h1-34H. The smallest absolute Gasteiger partial charge is 0.227 e. The van der Waals surface area contributed by atoms with Crippen LogP contribution in [0.3, 0.4) is 0 Å². The van der Waals surface area contributed by atoms with Crippen LogP contribution in [0.15, 0.2) is 211 Å². The lowest BCUT2D eigenvalue weighted by Crippen LogP contribution is -2.12. The minimum atomic E-state index is 0.616. The lowest BCUT2D eigenvalue weighted by molar-refractivity contribution is 0.623. The molecule has 3 heteroatoms. The van der Waals surface area contributed by atoms with Crippen LogP contribution in [0, 0.1) is 0 Å². The zero-order valence-electron chi connectivity index (χ0n) is 29.4. The predicted octanol–water partition coefficient (Wildman–Crippen LogP) is 14.3. The number of fused-ring (bicyclic) bond motifs is 4. The number of rotatable bonds is 7. The Hall–Kier alpha value is -7.23. The van der Waals surface area contributed by atoms with Gasteiger partial charge in [0.1, 0.15) is 5.52 Å². The Morgan fingerprint density at radius 2 is 0.981 bits per heavy atom. The lowest BCUT2D eigenvalue weighted by atomic mass is 9.92. The van der Waals surface area contributed by atoms with Gasteiger partial charge in [-0.2, -0.15) is 0 Å². The highest BCUT2D eigenvalue weighted by Crippen LogP contribution is 2.47. The molecule has 10 rings (SSSR count). The molecule has 0 aliphatic carbocycles. The monoisotopic (exact) mass is 690 g/mol. The molecule has 54 heavy (non-hydrogen) atoms. The lowest BCUT2D eigenvalue weighted by Gasteiger charge is -2.30. The Morgan fingerprint density at radius 1 is 0.370 bits per heavy atom. The van der Waals surface area contributed by atoms with E-state index >= 15 is 0 Å². The van der Waals surface area contributed by atoms with E-state index in [4.69, 9.17) is 9.40 Å². The summed E-state index contributed by atoms with van der Waals surface area (Å²) >= 11 is 0. The second-order valence-electron chi connectivity index (χ2n) is 13.5. The maximum absolute atomic E-state index is 6.57. The highest BCUT2D eigenvalue weighted by Gasteiger charge is 2.23. The zero-order valence-corrected chi connectivity index (χ0v) is 29.4. The van der Waals surface area contributed by atoms with Gasteiger partial charge in [-0.15, -0.1) is 0 Å². The van der Waals surface area contributed by atoms with Gasteiger partial charge in [0, 0.05) is 27.6 Å². The van der Waals surface area contributed by atoms with E-state index in [-0.39, 0.29) is 0 Å². The van der Waals surface area contributed by atoms with Gasteiger partial charge < -0.3 is 9.32 Å². The normalized spacial score (nSPS) is 11.3. The van der Waals surface area contributed by atoms with Crippen LogP contribution in [0.1, 0.15) is 0 Å². The molecule has 0 radical (unpaired) electrons. The number of hydrogen-bond donors (Lipinski definition) is 0. The van der Waals surface area contributed by atoms with Crippen molar-refractivity contribution in [2.24, 2.45) is 0 Å². The van der Waals surface area contributed by atoms with E-state index in [2.05, 4.69) is 181 Å². The van der Waals surface area contributed by atoms with Gasteiger partial charge in [0.25, 0.3) is 0 Å². The first-order valence-electron chi connectivity index (χ1n) is 18.3. The summed E-state index contributed by atoms with van der Waals surface area (Å²) in [4.78, 5) is 7.33. The van der Waals surface area contributed by atoms with Crippen molar-refractivity contribution >= 4 is 49.7 Å². The van der Waals surface area contributed by atoms with Crippen LogP contribution < -0.4 is 4.90 Å². The minimum Gasteiger partial charge on any atom is -0.435 e. The molecule has 0 saturated heterocycles. The summed E-state index contributed by atoms with van der Waals surface area (Å²) in [6.07, 6.45) is 0. The Kier molecular flexibility index (Phi) is 7.81. The van der Waals surface area contributed by atoms with Crippen LogP contribution in [-0.2, 0) is 0 Å². The number of nitrogens with zero attached hydrogens (tertiary/aromatic N) is 2. The van der Waals surface area contributed by atoms with E-state index in [1.165, 1.54) is 27.5 Å². The van der Waals surface area contributed by atoms with Gasteiger partial charge in [0.15, 0.2) is 5.58 Å². The van der Waals surface area contributed by atoms with Gasteiger partial charge in [0.2, 0.25) is 5.89 Å². The fourth-order valence-electron chi connectivity index (χ4n) is 7.71. The fraction of sp³-hybridized carbons (Fsp3) is 0. The van der Waals surface area contributed by atoms with Gasteiger partial charge in [-0.25, -0.2) is 4.98 Å². The molecule has 0 aliphatic heterocycles. The van der Waals surface area contributed by atoms with Crippen LogP contribution in [0.5, 0.6) is 0 Å². The van der Waals surface area contributed by atoms with Gasteiger partial charge in [-0.05, 0) is 93.2 Å². The third kappa shape index (κ3) is 5.60. The van der Waals surface area contributed by atoms with Crippen molar-refractivity contribution in [3.05, 3.63) is 206 Å². The SMILES string of the molecule is c1ccc(-c2cccc(N(c3ccc(-c4ccccc4)cc3-c3cccc4ccccc34)c3cccc4c3ccc3nc(-c5ccccc5)oc34)c2)cc1. The van der Waals surface area contributed by atoms with E-state index in [0.717, 1.165) is 61.2 Å². The predicted molar refractivity (Wildman–Crippen MR) is 225 cm³/mol. The molecule has 1 heterocycles. The van der Waals surface area contributed by atoms with Crippen molar-refractivity contribution in [3.8, 4) is 44.8 Å². The van der Waals surface area contributed by atoms with Crippen LogP contribution in [-0.4, -0.2) is 4.98 Å². The summed E-state index contributed by atoms with van der Waals surface area (Å²) in [7, 11) is 0. The third-order valence-corrected chi connectivity index (χ3v) is 10.3. The molecule has 10 aromatic rings. The summed E-state index contributed by atoms with van der Waals surface area (Å²) in [6, 6.07) is 73.1. The van der Waals surface area contributed by atoms with Crippen molar-refractivity contribution in [1.82, 2.24) is 4.98 Å². The Morgan fingerprint density at radius 3 is 1.76 bits per heavy atom. The van der Waals surface area contributed by atoms with Crippen LogP contribution >= 0.6 is 0 Å². The molecule has 0 bridgehead atoms. The highest BCUT2D eigenvalue weighted by molar-refractivity contribution is 6.11. The summed E-state index contributed by atoms with van der Waals surface area (Å²) in [5, 5.41) is 4.49. The van der Waals surface area contributed by atoms with Crippen molar-refractivity contribution in [2.75, 3.05) is 4.90 Å². The molecule has 1 aromatic heterocycles. The number of anilines is 3. The molecular formula is C51H34N2O. The molecule has 254 valence electrons. The first-order chi connectivity index (χ1) is 26.8. The van der Waals surface area contributed by atoms with Crippen molar-refractivity contribution in [3.63, 3.8) is 0 Å². The average Bonchev–Trinajstić information content (AvgIpc) is 3.70. The molecular weight excluding hydrogens is 657 g/mol. The van der Waals surface area contributed by atoms with Crippen LogP contribution in [0.25, 0.3) is 77.5 Å². The topological polar surface area (TPSA) is 29.3 Å². The number of hydrogen-bond acceptors (Lipinski definition) is 3. The third-order valence-electron chi connectivity index (χ3n) is 10.3.